The molecular weight excluding hydrogens is 1800 g/mol. The standard InChI is InChI=1S/C29H28Cl2N6O3.C24H25F2N5O3.C21H18Cl2N2O3.C20H17Cl2N3O3/c1-5-22(38)34-18-8-6-7-15(2)26(18)36-29-33-14-17-11-19(35-28(27(17)37-29)32-13-16-9-10-16)23-24(30)20(39-3)12-21(40-4)25(23)31;1-4-15(32)7-13-5-6-27-11-17(13)30-24-29-10-14-8-16(28-12-18(14)31-24)21-22(25)19(33-2)9-20(34-3)23(21)26;1-4-15(26)6-5-14-7-12-11-25-16(8-13(12)10-24-14)19-20(22)17(27-2)9-18(28-3)21(19)23;1-4-12(26)5-6-17-24-9-11-7-13(23-10-14(11)25-17)18-19(21)15(27-2)8-16(28-3)20(18)22/h5-8,11-12,14,16H,1,9-10,13H2,2-4H3,(H,32,35)(H,34,38)(H,33,36,37);4,8-10,12-13,17,27H,1,5-7,11H2,2-3H3,(H,29,30,31);4,7-11H,1,5-6H2,2-3H3;4,7-10H,1,5-6H2,2-3H3/t;13-,17-;;/m.1../s1. The molecular formula is C94H88Cl6F2N16O12. The fourth-order valence-electron chi connectivity index (χ4n) is 13.8. The largest absolute Gasteiger partial charge is 0.495 e. The topological polar surface area (TPSA) is 344 Å². The number of ether oxygens (including phenoxy) is 8. The summed E-state index contributed by atoms with van der Waals surface area (Å²) in [5.41, 5.74) is 7.62. The number of carbonyl (C=O) groups is 4. The number of pyridine rings is 5. The second-order valence-corrected chi connectivity index (χ2v) is 31.6. The average molecular weight is 1880 g/mol. The highest BCUT2D eigenvalue weighted by Crippen LogP contribution is 2.50. The first-order valence-electron chi connectivity index (χ1n) is 40.3. The Morgan fingerprint density at radius 1 is 0.477 bits per heavy atom. The van der Waals surface area contributed by atoms with Crippen LogP contribution in [-0.2, 0) is 32.0 Å². The van der Waals surface area contributed by atoms with Crippen LogP contribution in [0.3, 0.4) is 0 Å². The maximum absolute atomic E-state index is 14.9. The van der Waals surface area contributed by atoms with Crippen LogP contribution in [-0.4, -0.2) is 161 Å². The molecule has 15 rings (SSSR count). The quantitative estimate of drug-likeness (QED) is 0.0245. The van der Waals surface area contributed by atoms with E-state index in [4.69, 9.17) is 117 Å². The first kappa shape index (κ1) is 96.0. The molecule has 0 spiro atoms. The predicted molar refractivity (Wildman–Crippen MR) is 505 cm³/mol. The van der Waals surface area contributed by atoms with Crippen molar-refractivity contribution in [2.45, 2.75) is 64.3 Å². The summed E-state index contributed by atoms with van der Waals surface area (Å²) in [6, 6.07) is 20.5. The van der Waals surface area contributed by atoms with Crippen LogP contribution in [0.4, 0.5) is 37.9 Å². The van der Waals surface area contributed by atoms with Crippen LogP contribution in [0.1, 0.15) is 55.6 Å². The van der Waals surface area contributed by atoms with Gasteiger partial charge in [0.1, 0.15) is 45.8 Å². The molecule has 1 saturated heterocycles. The molecule has 672 valence electrons. The first-order valence-corrected chi connectivity index (χ1v) is 42.6. The lowest BCUT2D eigenvalue weighted by atomic mass is 9.88. The highest BCUT2D eigenvalue weighted by atomic mass is 35.5. The number of allylic oxidation sites excluding steroid dienone is 3. The van der Waals surface area contributed by atoms with Crippen LogP contribution < -0.4 is 64.5 Å². The van der Waals surface area contributed by atoms with E-state index in [1.807, 2.05) is 37.3 Å². The van der Waals surface area contributed by atoms with Crippen LogP contribution in [0.5, 0.6) is 46.0 Å². The third-order valence-corrected chi connectivity index (χ3v) is 23.3. The Bertz CT molecular complexity index is 6260. The number of para-hydroxylation sites is 1. The number of benzene rings is 5. The van der Waals surface area contributed by atoms with Crippen molar-refractivity contribution >= 4 is 165 Å². The zero-order chi connectivity index (χ0) is 93.1. The van der Waals surface area contributed by atoms with Gasteiger partial charge in [0.15, 0.2) is 46.3 Å². The number of aryl methyl sites for hydroxylation is 3. The van der Waals surface area contributed by atoms with Gasteiger partial charge >= 0.3 is 0 Å². The Hall–Kier alpha value is -13.1. The zero-order valence-corrected chi connectivity index (χ0v) is 76.5. The van der Waals surface area contributed by atoms with Crippen LogP contribution in [0.25, 0.3) is 88.5 Å². The summed E-state index contributed by atoms with van der Waals surface area (Å²) in [6.07, 6.45) is 21.9. The molecule has 2 fully saturated rings. The number of halogens is 8. The Kier molecular flexibility index (Phi) is 32.7. The van der Waals surface area contributed by atoms with Crippen LogP contribution in [0.15, 0.2) is 167 Å². The minimum Gasteiger partial charge on any atom is -0.495 e. The Morgan fingerprint density at radius 3 is 1.48 bits per heavy atom. The molecule has 28 nitrogen and oxygen atoms in total. The molecule has 36 heteroatoms. The van der Waals surface area contributed by atoms with Gasteiger partial charge in [-0.25, -0.2) is 43.7 Å². The molecule has 2 aliphatic rings. The number of methoxy groups -OCH3 is 8. The number of fused-ring (bicyclic) bond motifs is 4. The summed E-state index contributed by atoms with van der Waals surface area (Å²) in [6.45, 7) is 18.2. The first-order chi connectivity index (χ1) is 62.7. The number of anilines is 5. The number of nitrogens with one attached hydrogen (secondary N) is 5. The summed E-state index contributed by atoms with van der Waals surface area (Å²) in [5.74, 6) is 2.73. The molecule has 1 aliphatic heterocycles. The third-order valence-electron chi connectivity index (χ3n) is 21.0. The minimum atomic E-state index is -0.878. The van der Waals surface area contributed by atoms with E-state index in [9.17, 15) is 28.0 Å². The molecule has 13 aromatic rings. The van der Waals surface area contributed by atoms with Crippen molar-refractivity contribution in [2.24, 2.45) is 11.8 Å². The van der Waals surface area contributed by atoms with E-state index >= 15 is 0 Å². The van der Waals surface area contributed by atoms with Crippen molar-refractivity contribution in [3.05, 3.63) is 226 Å². The van der Waals surface area contributed by atoms with Gasteiger partial charge in [0.2, 0.25) is 17.8 Å². The number of piperidine rings is 1. The number of nitrogens with zero attached hydrogens (tertiary/aromatic N) is 11. The van der Waals surface area contributed by atoms with Gasteiger partial charge in [0, 0.05) is 149 Å². The molecule has 1 aliphatic carbocycles. The van der Waals surface area contributed by atoms with Gasteiger partial charge in [-0.3, -0.25) is 39.1 Å². The number of amides is 1. The predicted octanol–water partition coefficient (Wildman–Crippen LogP) is 20.5. The normalized spacial score (nSPS) is 13.2. The lowest BCUT2D eigenvalue weighted by molar-refractivity contribution is -0.116. The monoisotopic (exact) mass is 1880 g/mol. The molecule has 0 radical (unpaired) electrons. The summed E-state index contributed by atoms with van der Waals surface area (Å²) >= 11 is 39.3. The second kappa shape index (κ2) is 44.3. The van der Waals surface area contributed by atoms with Gasteiger partial charge in [0.05, 0.1) is 150 Å². The van der Waals surface area contributed by atoms with Crippen molar-refractivity contribution in [3.8, 4) is 91.0 Å². The summed E-state index contributed by atoms with van der Waals surface area (Å²) in [7, 11) is 11.7. The molecule has 0 bridgehead atoms. The molecule has 5 aromatic carbocycles. The van der Waals surface area contributed by atoms with Gasteiger partial charge in [-0.2, -0.15) is 0 Å². The highest BCUT2D eigenvalue weighted by molar-refractivity contribution is 6.42. The number of ketones is 3. The van der Waals surface area contributed by atoms with E-state index in [-0.39, 0.29) is 58.0 Å². The molecule has 130 heavy (non-hydrogen) atoms. The lowest BCUT2D eigenvalue weighted by Crippen LogP contribution is -2.46. The lowest BCUT2D eigenvalue weighted by Gasteiger charge is -2.32. The summed E-state index contributed by atoms with van der Waals surface area (Å²) in [4.78, 5) is 96.1. The van der Waals surface area contributed by atoms with Gasteiger partial charge < -0.3 is 64.5 Å². The van der Waals surface area contributed by atoms with Crippen molar-refractivity contribution in [1.82, 2.24) is 60.1 Å². The van der Waals surface area contributed by atoms with Gasteiger partial charge in [-0.05, 0) is 117 Å². The number of rotatable bonds is 32. The number of hydrogen-bond acceptors (Lipinski definition) is 27. The number of aromatic nitrogens is 11. The summed E-state index contributed by atoms with van der Waals surface area (Å²) in [5, 5.41) is 22.0. The molecule has 2 atom stereocenters. The Balaban J connectivity index is 0.000000159. The van der Waals surface area contributed by atoms with Crippen molar-refractivity contribution in [1.29, 1.82) is 0 Å². The molecule has 8 aromatic heterocycles. The van der Waals surface area contributed by atoms with Crippen LogP contribution >= 0.6 is 69.6 Å². The zero-order valence-electron chi connectivity index (χ0n) is 72.0. The Labute approximate surface area is 777 Å². The van der Waals surface area contributed by atoms with Gasteiger partial charge in [-0.1, -0.05) is 108 Å². The van der Waals surface area contributed by atoms with E-state index in [0.29, 0.717) is 200 Å². The molecule has 5 N–H and O–H groups in total. The molecule has 1 amide bonds. The minimum absolute atomic E-state index is 0.00324. The number of carbonyl (C=O) groups excluding carboxylic acids is 4. The molecule has 0 unspecified atom stereocenters. The maximum Gasteiger partial charge on any atom is 0.247 e. The SMILES string of the molecule is C=CC(=O)CCc1cc2cnc(-c3c(Cl)c(OC)cc(OC)c3Cl)cc2cn1.C=CC(=O)CCc1ncc2cc(-c3c(Cl)c(OC)cc(OC)c3Cl)ncc2n1.C=CC(=O)C[C@H]1CCNC[C@H]1Nc1ncc2cc(-c3c(F)c(OC)cc(OC)c3F)ncc2n1.C=CC(=O)Nc1cccc(C)c1Nc1ncc2cc(-c3c(Cl)c(OC)cc(OC)c3Cl)nc(NCC3CC3)c2n1. The Morgan fingerprint density at radius 2 is 0.938 bits per heavy atom. The van der Waals surface area contributed by atoms with E-state index in [0.717, 1.165) is 58.4 Å². The fourth-order valence-corrected chi connectivity index (χ4v) is 15.9. The van der Waals surface area contributed by atoms with E-state index in [1.54, 1.807) is 67.5 Å². The smallest absolute Gasteiger partial charge is 0.247 e. The number of hydrogen-bond donors (Lipinski definition) is 5. The highest BCUT2D eigenvalue weighted by Gasteiger charge is 2.31. The van der Waals surface area contributed by atoms with Gasteiger partial charge in [0.25, 0.3) is 0 Å². The van der Waals surface area contributed by atoms with E-state index < -0.39 is 11.6 Å². The van der Waals surface area contributed by atoms with Crippen LogP contribution in [0, 0.1) is 30.4 Å². The van der Waals surface area contributed by atoms with Crippen molar-refractivity contribution < 1.29 is 65.9 Å². The van der Waals surface area contributed by atoms with Gasteiger partial charge in [-0.15, -0.1) is 0 Å². The summed E-state index contributed by atoms with van der Waals surface area (Å²) < 4.78 is 71.9. The second-order valence-electron chi connectivity index (χ2n) is 29.3. The molecule has 9 heterocycles. The van der Waals surface area contributed by atoms with E-state index in [2.05, 4.69) is 97.8 Å². The van der Waals surface area contributed by atoms with Crippen molar-refractivity contribution in [3.63, 3.8) is 0 Å². The average Bonchev–Trinajstić information content (AvgIpc) is 1.52. The maximum atomic E-state index is 14.9. The third kappa shape index (κ3) is 22.6. The molecule has 1 saturated carbocycles. The van der Waals surface area contributed by atoms with Crippen molar-refractivity contribution in [2.75, 3.05) is 97.8 Å². The van der Waals surface area contributed by atoms with E-state index in [1.165, 1.54) is 106 Å². The fraction of sp³-hybridized carbons (Fsp3) is 0.245. The van der Waals surface area contributed by atoms with Crippen LogP contribution in [0.2, 0.25) is 30.1 Å².